The number of hydrogen-bond acceptors (Lipinski definition) is 2. The molecule has 17 heavy (non-hydrogen) atoms. The van der Waals surface area contributed by atoms with E-state index >= 15 is 0 Å². The van der Waals surface area contributed by atoms with E-state index in [1.165, 1.54) is 36.4 Å². The number of aromatic carboxylic acids is 1. The summed E-state index contributed by atoms with van der Waals surface area (Å²) in [4.78, 5) is 10.6. The Bertz CT molecular complexity index is 517. The topological polar surface area (TPSA) is 46.5 Å². The van der Waals surface area contributed by atoms with E-state index in [-0.39, 0.29) is 11.4 Å². The highest BCUT2D eigenvalue weighted by atomic mass is 19.1. The highest BCUT2D eigenvalue weighted by molar-refractivity contribution is 5.87. The van der Waals surface area contributed by atoms with E-state index in [2.05, 4.69) is 0 Å². The van der Waals surface area contributed by atoms with Gasteiger partial charge >= 0.3 is 5.97 Å². The molecule has 0 heterocycles. The van der Waals surface area contributed by atoms with Gasteiger partial charge in [0.15, 0.2) is 0 Å². The van der Waals surface area contributed by atoms with Gasteiger partial charge in [0.1, 0.15) is 17.3 Å². The van der Waals surface area contributed by atoms with Crippen LogP contribution < -0.4 is 4.74 Å². The molecule has 0 bridgehead atoms. The van der Waals surface area contributed by atoms with Crippen LogP contribution in [0.15, 0.2) is 48.5 Å². The fourth-order valence-electron chi connectivity index (χ4n) is 1.30. The lowest BCUT2D eigenvalue weighted by molar-refractivity contribution is 0.0697. The fourth-order valence-corrected chi connectivity index (χ4v) is 1.30. The third-order valence-electron chi connectivity index (χ3n) is 2.15. The Kier molecular flexibility index (Phi) is 3.05. The highest BCUT2D eigenvalue weighted by Crippen LogP contribution is 2.21. The second-order valence-electron chi connectivity index (χ2n) is 3.39. The fraction of sp³-hybridized carbons (Fsp3) is 0. The highest BCUT2D eigenvalue weighted by Gasteiger charge is 2.02. The van der Waals surface area contributed by atoms with Crippen LogP contribution in [0.1, 0.15) is 10.4 Å². The van der Waals surface area contributed by atoms with Gasteiger partial charge in [-0.1, -0.05) is 0 Å². The Labute approximate surface area is 97.1 Å². The van der Waals surface area contributed by atoms with Crippen LogP contribution in [0.4, 0.5) is 4.39 Å². The molecule has 86 valence electrons. The van der Waals surface area contributed by atoms with Crippen LogP contribution >= 0.6 is 0 Å². The van der Waals surface area contributed by atoms with Crippen LogP contribution in [-0.4, -0.2) is 11.1 Å². The molecule has 0 radical (unpaired) electrons. The van der Waals surface area contributed by atoms with Crippen molar-refractivity contribution >= 4 is 5.97 Å². The molecule has 0 aromatic heterocycles. The number of carboxylic acids is 1. The van der Waals surface area contributed by atoms with Gasteiger partial charge in [0, 0.05) is 0 Å². The van der Waals surface area contributed by atoms with Gasteiger partial charge < -0.3 is 9.84 Å². The molecule has 1 N–H and O–H groups in total. The van der Waals surface area contributed by atoms with Crippen molar-refractivity contribution in [3.05, 3.63) is 59.9 Å². The molecule has 0 aliphatic rings. The minimum absolute atomic E-state index is 0.191. The first-order valence-corrected chi connectivity index (χ1v) is 4.92. The molecule has 0 spiro atoms. The summed E-state index contributed by atoms with van der Waals surface area (Å²) in [5.41, 5.74) is 0.191. The largest absolute Gasteiger partial charge is 0.478 e. The van der Waals surface area contributed by atoms with Crippen molar-refractivity contribution in [2.24, 2.45) is 0 Å². The molecular weight excluding hydrogens is 223 g/mol. The van der Waals surface area contributed by atoms with Crippen LogP contribution in [0.3, 0.4) is 0 Å². The van der Waals surface area contributed by atoms with E-state index in [0.29, 0.717) is 11.5 Å². The number of carboxylic acid groups (broad SMARTS) is 1. The molecule has 0 saturated carbocycles. The van der Waals surface area contributed by atoms with Crippen molar-refractivity contribution in [3.8, 4) is 11.5 Å². The van der Waals surface area contributed by atoms with E-state index in [1.807, 2.05) is 0 Å². The van der Waals surface area contributed by atoms with Crippen molar-refractivity contribution in [1.82, 2.24) is 0 Å². The van der Waals surface area contributed by atoms with E-state index < -0.39 is 5.97 Å². The van der Waals surface area contributed by atoms with E-state index in [0.717, 1.165) is 0 Å². The minimum atomic E-state index is -0.988. The molecule has 0 fully saturated rings. The van der Waals surface area contributed by atoms with Crippen LogP contribution in [0.2, 0.25) is 0 Å². The second-order valence-corrected chi connectivity index (χ2v) is 3.39. The monoisotopic (exact) mass is 232 g/mol. The average Bonchev–Trinajstić information content (AvgIpc) is 2.33. The number of rotatable bonds is 3. The zero-order valence-corrected chi connectivity index (χ0v) is 8.76. The number of carbonyl (C=O) groups is 1. The van der Waals surface area contributed by atoms with Crippen molar-refractivity contribution < 1.29 is 19.0 Å². The van der Waals surface area contributed by atoms with Gasteiger partial charge in [-0.3, -0.25) is 0 Å². The molecular formula is C13H9FO3. The molecule has 4 heteroatoms. The number of benzene rings is 2. The first-order valence-electron chi connectivity index (χ1n) is 4.92. The first kappa shape index (κ1) is 11.1. The third-order valence-corrected chi connectivity index (χ3v) is 2.15. The lowest BCUT2D eigenvalue weighted by atomic mass is 10.2. The van der Waals surface area contributed by atoms with Crippen LogP contribution in [0.5, 0.6) is 11.5 Å². The Hall–Kier alpha value is -2.36. The maximum absolute atomic E-state index is 12.6. The molecule has 0 atom stereocenters. The predicted molar refractivity (Wildman–Crippen MR) is 59.9 cm³/mol. The first-order chi connectivity index (χ1) is 8.15. The van der Waals surface area contributed by atoms with Crippen molar-refractivity contribution in [2.75, 3.05) is 0 Å². The number of halogens is 1. The number of ether oxygens (including phenoxy) is 1. The zero-order chi connectivity index (χ0) is 12.3. The molecule has 2 aromatic carbocycles. The Morgan fingerprint density at radius 1 is 0.941 bits per heavy atom. The van der Waals surface area contributed by atoms with Crippen molar-refractivity contribution in [3.63, 3.8) is 0 Å². The summed E-state index contributed by atoms with van der Waals surface area (Å²) in [6.07, 6.45) is 0. The van der Waals surface area contributed by atoms with Crippen molar-refractivity contribution in [2.45, 2.75) is 0 Å². The summed E-state index contributed by atoms with van der Waals surface area (Å²) < 4.78 is 18.1. The molecule has 2 rings (SSSR count). The van der Waals surface area contributed by atoms with Gasteiger partial charge in [0.05, 0.1) is 5.56 Å². The summed E-state index contributed by atoms with van der Waals surface area (Å²) in [6.45, 7) is 0. The van der Waals surface area contributed by atoms with E-state index in [4.69, 9.17) is 9.84 Å². The van der Waals surface area contributed by atoms with Crippen LogP contribution in [-0.2, 0) is 0 Å². The molecule has 0 saturated heterocycles. The Morgan fingerprint density at radius 3 is 1.88 bits per heavy atom. The smallest absolute Gasteiger partial charge is 0.335 e. The lowest BCUT2D eigenvalue weighted by Gasteiger charge is -2.05. The summed E-state index contributed by atoms with van der Waals surface area (Å²) in [6, 6.07) is 11.6. The summed E-state index contributed by atoms with van der Waals surface area (Å²) in [5, 5.41) is 8.71. The third kappa shape index (κ3) is 2.81. The van der Waals surface area contributed by atoms with Gasteiger partial charge in [-0.25, -0.2) is 9.18 Å². The quantitative estimate of drug-likeness (QED) is 0.882. The van der Waals surface area contributed by atoms with E-state index in [9.17, 15) is 9.18 Å². The summed E-state index contributed by atoms with van der Waals surface area (Å²) in [5.74, 6) is -0.326. The summed E-state index contributed by atoms with van der Waals surface area (Å²) in [7, 11) is 0. The molecule has 0 amide bonds. The van der Waals surface area contributed by atoms with Gasteiger partial charge in [0.25, 0.3) is 0 Å². The average molecular weight is 232 g/mol. The second kappa shape index (κ2) is 4.65. The van der Waals surface area contributed by atoms with Gasteiger partial charge in [-0.15, -0.1) is 0 Å². The number of hydrogen-bond donors (Lipinski definition) is 1. The maximum Gasteiger partial charge on any atom is 0.335 e. The molecule has 0 aliphatic heterocycles. The van der Waals surface area contributed by atoms with E-state index in [1.54, 1.807) is 12.1 Å². The lowest BCUT2D eigenvalue weighted by Crippen LogP contribution is -1.95. The molecule has 0 aliphatic carbocycles. The molecule has 2 aromatic rings. The summed E-state index contributed by atoms with van der Waals surface area (Å²) >= 11 is 0. The van der Waals surface area contributed by atoms with Gasteiger partial charge in [-0.05, 0) is 48.5 Å². The van der Waals surface area contributed by atoms with Crippen molar-refractivity contribution in [1.29, 1.82) is 0 Å². The normalized spacial score (nSPS) is 9.94. The Balaban J connectivity index is 2.13. The standard InChI is InChI=1S/C13H9FO3/c14-10-3-7-12(8-4-10)17-11-5-1-9(2-6-11)13(15)16/h1-8H,(H,15,16). The SMILES string of the molecule is O=C(O)c1ccc(Oc2ccc(F)cc2)cc1. The minimum Gasteiger partial charge on any atom is -0.478 e. The van der Waals surface area contributed by atoms with Gasteiger partial charge in [0.2, 0.25) is 0 Å². The Morgan fingerprint density at radius 2 is 1.41 bits per heavy atom. The van der Waals surface area contributed by atoms with Crippen LogP contribution in [0.25, 0.3) is 0 Å². The van der Waals surface area contributed by atoms with Crippen LogP contribution in [0, 0.1) is 5.82 Å². The zero-order valence-electron chi connectivity index (χ0n) is 8.76. The van der Waals surface area contributed by atoms with Gasteiger partial charge in [-0.2, -0.15) is 0 Å². The predicted octanol–water partition coefficient (Wildman–Crippen LogP) is 3.32. The molecule has 3 nitrogen and oxygen atoms in total. The maximum atomic E-state index is 12.6. The molecule has 0 unspecified atom stereocenters.